The molecule has 5 heteroatoms. The van der Waals surface area contributed by atoms with E-state index in [1.807, 2.05) is 11.3 Å². The van der Waals surface area contributed by atoms with Crippen molar-refractivity contribution in [1.82, 2.24) is 9.97 Å². The van der Waals surface area contributed by atoms with Gasteiger partial charge in [-0.05, 0) is 43.6 Å². The molecule has 0 aromatic carbocycles. The molecular formula is C19H25N4S+. The Labute approximate surface area is 147 Å². The summed E-state index contributed by atoms with van der Waals surface area (Å²) >= 11 is 1.86. The van der Waals surface area contributed by atoms with Crippen LogP contribution < -0.4 is 10.2 Å². The van der Waals surface area contributed by atoms with E-state index in [1.54, 1.807) is 4.90 Å². The first-order valence-corrected chi connectivity index (χ1v) is 9.88. The van der Waals surface area contributed by atoms with Crippen molar-refractivity contribution in [3.05, 3.63) is 16.3 Å². The van der Waals surface area contributed by atoms with Crippen molar-refractivity contribution in [3.63, 3.8) is 0 Å². The molecule has 0 amide bonds. The standard InChI is InChI=1S/C19H24N4S/c1-3-9-20-18-17-14-5-4-6-15(14)24-19(17)22-16(21-18)12-23-10-7-13(2)8-11-23/h1,13H,4-12H2,2H3,(H,20,21,22)/p+1. The predicted octanol–water partition coefficient (Wildman–Crippen LogP) is 2.04. The highest BCUT2D eigenvalue weighted by Crippen LogP contribution is 2.39. The van der Waals surface area contributed by atoms with Gasteiger partial charge in [0.25, 0.3) is 0 Å². The first-order valence-electron chi connectivity index (χ1n) is 9.06. The molecule has 2 aliphatic rings. The number of aromatic nitrogens is 2. The molecule has 1 fully saturated rings. The van der Waals surface area contributed by atoms with Crippen molar-refractivity contribution < 1.29 is 4.90 Å². The molecule has 1 saturated heterocycles. The fraction of sp³-hybridized carbons (Fsp3) is 0.579. The molecule has 126 valence electrons. The zero-order valence-corrected chi connectivity index (χ0v) is 15.1. The van der Waals surface area contributed by atoms with E-state index in [0.29, 0.717) is 6.54 Å². The van der Waals surface area contributed by atoms with Gasteiger partial charge in [0.2, 0.25) is 0 Å². The van der Waals surface area contributed by atoms with E-state index in [0.717, 1.165) is 35.4 Å². The number of hydrogen-bond acceptors (Lipinski definition) is 4. The number of rotatable bonds is 4. The van der Waals surface area contributed by atoms with E-state index in [9.17, 15) is 0 Å². The first kappa shape index (κ1) is 15.9. The minimum atomic E-state index is 0.518. The van der Waals surface area contributed by atoms with Gasteiger partial charge in [-0.1, -0.05) is 12.8 Å². The lowest BCUT2D eigenvalue weighted by atomic mass is 9.99. The van der Waals surface area contributed by atoms with Crippen molar-refractivity contribution in [1.29, 1.82) is 0 Å². The van der Waals surface area contributed by atoms with Gasteiger partial charge in [-0.3, -0.25) is 0 Å². The molecule has 0 unspecified atom stereocenters. The number of likely N-dealkylation sites (tertiary alicyclic amines) is 1. The van der Waals surface area contributed by atoms with Crippen LogP contribution >= 0.6 is 11.3 Å². The van der Waals surface area contributed by atoms with Gasteiger partial charge >= 0.3 is 0 Å². The van der Waals surface area contributed by atoms with Gasteiger partial charge in [0.05, 0.1) is 25.0 Å². The van der Waals surface area contributed by atoms with Crippen LogP contribution in [0.3, 0.4) is 0 Å². The van der Waals surface area contributed by atoms with Crippen molar-refractivity contribution in [2.75, 3.05) is 25.0 Å². The summed E-state index contributed by atoms with van der Waals surface area (Å²) in [5.74, 6) is 5.46. The van der Waals surface area contributed by atoms with Crippen molar-refractivity contribution in [3.8, 4) is 12.3 Å². The third-order valence-corrected chi connectivity index (χ3v) is 6.54. The van der Waals surface area contributed by atoms with Crippen LogP contribution in [0, 0.1) is 18.3 Å². The molecular weight excluding hydrogens is 316 g/mol. The molecule has 0 bridgehead atoms. The number of aryl methyl sites for hydroxylation is 2. The van der Waals surface area contributed by atoms with Gasteiger partial charge in [-0.2, -0.15) is 0 Å². The molecule has 2 N–H and O–H groups in total. The summed E-state index contributed by atoms with van der Waals surface area (Å²) in [6, 6.07) is 0. The fourth-order valence-electron chi connectivity index (χ4n) is 3.95. The van der Waals surface area contributed by atoms with Crippen LogP contribution in [-0.2, 0) is 19.4 Å². The Morgan fingerprint density at radius 3 is 2.92 bits per heavy atom. The van der Waals surface area contributed by atoms with Crippen LogP contribution in [0.4, 0.5) is 5.82 Å². The number of fused-ring (bicyclic) bond motifs is 3. The third-order valence-electron chi connectivity index (χ3n) is 5.36. The monoisotopic (exact) mass is 341 g/mol. The van der Waals surface area contributed by atoms with E-state index in [4.69, 9.17) is 16.4 Å². The summed E-state index contributed by atoms with van der Waals surface area (Å²) in [4.78, 5) is 14.0. The van der Waals surface area contributed by atoms with E-state index in [1.165, 1.54) is 54.6 Å². The second-order valence-corrected chi connectivity index (χ2v) is 8.28. The molecule has 1 aliphatic carbocycles. The lowest BCUT2D eigenvalue weighted by molar-refractivity contribution is -0.920. The van der Waals surface area contributed by atoms with Crippen LogP contribution in [0.5, 0.6) is 0 Å². The van der Waals surface area contributed by atoms with Crippen LogP contribution in [-0.4, -0.2) is 29.6 Å². The van der Waals surface area contributed by atoms with Gasteiger partial charge in [-0.15, -0.1) is 17.8 Å². The quantitative estimate of drug-likeness (QED) is 0.837. The second kappa shape index (κ2) is 6.70. The van der Waals surface area contributed by atoms with E-state index < -0.39 is 0 Å². The highest BCUT2D eigenvalue weighted by molar-refractivity contribution is 7.19. The SMILES string of the molecule is C#CCNc1nc(C[NH+]2CCC(C)CC2)nc2sc3c(c12)CCC3. The maximum absolute atomic E-state index is 5.45. The molecule has 0 saturated carbocycles. The summed E-state index contributed by atoms with van der Waals surface area (Å²) in [5.41, 5.74) is 1.46. The van der Waals surface area contributed by atoms with Gasteiger partial charge < -0.3 is 10.2 Å². The number of terminal acetylenes is 1. The number of piperidine rings is 1. The summed E-state index contributed by atoms with van der Waals surface area (Å²) in [5, 5.41) is 4.58. The number of anilines is 1. The van der Waals surface area contributed by atoms with Crippen molar-refractivity contribution >= 4 is 27.4 Å². The highest BCUT2D eigenvalue weighted by Gasteiger charge is 2.24. The van der Waals surface area contributed by atoms with Crippen LogP contribution in [0.1, 0.15) is 42.5 Å². The summed E-state index contributed by atoms with van der Waals surface area (Å²) in [6.07, 6.45) is 11.7. The van der Waals surface area contributed by atoms with Gasteiger partial charge in [0.1, 0.15) is 17.2 Å². The summed E-state index contributed by atoms with van der Waals surface area (Å²) in [7, 11) is 0. The molecule has 0 radical (unpaired) electrons. The average Bonchev–Trinajstić information content (AvgIpc) is 3.15. The Bertz CT molecular complexity index is 781. The van der Waals surface area contributed by atoms with E-state index >= 15 is 0 Å². The molecule has 2 aromatic rings. The third kappa shape index (κ3) is 3.01. The Hall–Kier alpha value is -1.64. The number of thiophene rings is 1. The topological polar surface area (TPSA) is 42.2 Å². The lowest BCUT2D eigenvalue weighted by Gasteiger charge is -2.26. The number of hydrogen-bond donors (Lipinski definition) is 2. The molecule has 0 atom stereocenters. The zero-order chi connectivity index (χ0) is 16.5. The zero-order valence-electron chi connectivity index (χ0n) is 14.3. The molecule has 4 nitrogen and oxygen atoms in total. The fourth-order valence-corrected chi connectivity index (χ4v) is 5.23. The summed E-state index contributed by atoms with van der Waals surface area (Å²) < 4.78 is 0. The molecule has 0 spiro atoms. The van der Waals surface area contributed by atoms with E-state index in [2.05, 4.69) is 18.2 Å². The van der Waals surface area contributed by atoms with E-state index in [-0.39, 0.29) is 0 Å². The van der Waals surface area contributed by atoms with Gasteiger partial charge in [0.15, 0.2) is 5.82 Å². The van der Waals surface area contributed by atoms with Crippen LogP contribution in [0.25, 0.3) is 10.2 Å². The smallest absolute Gasteiger partial charge is 0.187 e. The molecule has 3 heterocycles. The van der Waals surface area contributed by atoms with Gasteiger partial charge in [-0.25, -0.2) is 9.97 Å². The summed E-state index contributed by atoms with van der Waals surface area (Å²) in [6.45, 7) is 6.27. The van der Waals surface area contributed by atoms with Gasteiger partial charge in [0, 0.05) is 4.88 Å². The minimum Gasteiger partial charge on any atom is -0.358 e. The van der Waals surface area contributed by atoms with Crippen LogP contribution in [0.15, 0.2) is 0 Å². The Morgan fingerprint density at radius 2 is 2.12 bits per heavy atom. The normalized spacial score (nSPS) is 23.2. The number of nitrogens with one attached hydrogen (secondary N) is 2. The molecule has 4 rings (SSSR count). The minimum absolute atomic E-state index is 0.518. The molecule has 24 heavy (non-hydrogen) atoms. The maximum atomic E-state index is 5.45. The average molecular weight is 342 g/mol. The lowest BCUT2D eigenvalue weighted by Crippen LogP contribution is -3.11. The Morgan fingerprint density at radius 1 is 1.29 bits per heavy atom. The first-order chi connectivity index (χ1) is 11.7. The molecule has 2 aromatic heterocycles. The largest absolute Gasteiger partial charge is 0.358 e. The Kier molecular flexibility index (Phi) is 4.43. The highest BCUT2D eigenvalue weighted by atomic mass is 32.1. The van der Waals surface area contributed by atoms with Crippen LogP contribution in [0.2, 0.25) is 0 Å². The molecule has 1 aliphatic heterocycles. The maximum Gasteiger partial charge on any atom is 0.187 e. The Balaban J connectivity index is 1.65. The second-order valence-electron chi connectivity index (χ2n) is 7.19. The number of nitrogens with zero attached hydrogens (tertiary/aromatic N) is 2. The van der Waals surface area contributed by atoms with Crippen molar-refractivity contribution in [2.24, 2.45) is 5.92 Å². The predicted molar refractivity (Wildman–Crippen MR) is 99.6 cm³/mol. The van der Waals surface area contributed by atoms with Crippen molar-refractivity contribution in [2.45, 2.75) is 45.6 Å². The number of quaternary nitrogens is 1.